The fourth-order valence-electron chi connectivity index (χ4n) is 2.81. The Balaban J connectivity index is 5.64. The predicted molar refractivity (Wildman–Crippen MR) is 124 cm³/mol. The van der Waals surface area contributed by atoms with Gasteiger partial charge in [0.2, 0.25) is 35.4 Å². The first-order chi connectivity index (χ1) is 16.1. The molecule has 0 spiro atoms. The molecule has 16 heteroatoms. The molecule has 0 aromatic rings. The van der Waals surface area contributed by atoms with Crippen LogP contribution in [0.5, 0.6) is 0 Å². The van der Waals surface area contributed by atoms with Gasteiger partial charge in [0, 0.05) is 13.5 Å². The lowest BCUT2D eigenvalue weighted by molar-refractivity contribution is -0.135. The van der Waals surface area contributed by atoms with Crippen LogP contribution in [0.1, 0.15) is 40.0 Å². The molecule has 0 aromatic carbocycles. The molecule has 0 saturated carbocycles. The predicted octanol–water partition coefficient (Wildman–Crippen LogP) is -5.24. The molecule has 198 valence electrons. The number of primary amides is 2. The molecule has 5 atom stereocenters. The summed E-state index contributed by atoms with van der Waals surface area (Å²) in [6.07, 6.45) is -1.76. The number of aliphatic hydroxyl groups excluding tert-OH is 1. The zero-order valence-electron chi connectivity index (χ0n) is 19.9. The largest absolute Gasteiger partial charge is 0.391 e. The summed E-state index contributed by atoms with van der Waals surface area (Å²) in [6, 6.07) is -5.25. The van der Waals surface area contributed by atoms with Crippen LogP contribution in [0.4, 0.5) is 0 Å². The molecule has 13 N–H and O–H groups in total. The minimum Gasteiger partial charge on any atom is -0.391 e. The molecule has 0 bridgehead atoms. The molecule has 0 unspecified atom stereocenters. The standard InChI is InChI=1S/C19H35N9O7/c1-8(25-10(3)30)16(33)26-11(5-4-6-24-19(22)23)17(34)27-12(7-13(20)31)18(35)28-14(9(2)29)15(21)32/h8-9,11-12,14,29H,4-7H2,1-3H3,(H2,20,31)(H2,21,32)(H,25,30)(H,26,33)(H,27,34)(H,28,35)(H4,22,23,24)/t8-,9+,11-,12-,14-/m0/s1. The lowest BCUT2D eigenvalue weighted by atomic mass is 10.1. The van der Waals surface area contributed by atoms with Crippen LogP contribution in [0.25, 0.3) is 0 Å². The van der Waals surface area contributed by atoms with E-state index in [9.17, 15) is 33.9 Å². The van der Waals surface area contributed by atoms with Gasteiger partial charge in [-0.25, -0.2) is 0 Å². The minimum atomic E-state index is -1.55. The maximum atomic E-state index is 12.9. The van der Waals surface area contributed by atoms with Crippen molar-refractivity contribution in [2.75, 3.05) is 6.54 Å². The molecular weight excluding hydrogens is 466 g/mol. The van der Waals surface area contributed by atoms with E-state index in [0.29, 0.717) is 0 Å². The van der Waals surface area contributed by atoms with Crippen molar-refractivity contribution in [3.05, 3.63) is 0 Å². The number of rotatable bonds is 15. The lowest BCUT2D eigenvalue weighted by Gasteiger charge is -2.25. The van der Waals surface area contributed by atoms with Crippen molar-refractivity contribution in [1.82, 2.24) is 21.3 Å². The number of nitrogens with one attached hydrogen (secondary N) is 4. The zero-order valence-corrected chi connectivity index (χ0v) is 19.9. The molecule has 0 aliphatic carbocycles. The normalized spacial score (nSPS) is 14.7. The number of aliphatic hydroxyl groups is 1. The molecule has 0 aromatic heterocycles. The Morgan fingerprint density at radius 2 is 1.37 bits per heavy atom. The van der Waals surface area contributed by atoms with Gasteiger partial charge < -0.3 is 49.3 Å². The Morgan fingerprint density at radius 3 is 1.83 bits per heavy atom. The Labute approximate surface area is 202 Å². The zero-order chi connectivity index (χ0) is 27.3. The number of hydrogen-bond acceptors (Lipinski definition) is 8. The number of amides is 6. The van der Waals surface area contributed by atoms with Gasteiger partial charge in [0.15, 0.2) is 5.96 Å². The van der Waals surface area contributed by atoms with Crippen LogP contribution in [-0.4, -0.2) is 83.3 Å². The second-order valence-corrected chi connectivity index (χ2v) is 7.79. The van der Waals surface area contributed by atoms with Crippen LogP contribution in [0, 0.1) is 0 Å². The molecule has 6 amide bonds. The van der Waals surface area contributed by atoms with Gasteiger partial charge in [0.05, 0.1) is 12.5 Å². The highest BCUT2D eigenvalue weighted by Crippen LogP contribution is 2.03. The summed E-state index contributed by atoms with van der Waals surface area (Å²) in [5, 5.41) is 18.9. The summed E-state index contributed by atoms with van der Waals surface area (Å²) >= 11 is 0. The second kappa shape index (κ2) is 15.0. The average Bonchev–Trinajstić information content (AvgIpc) is 2.71. The minimum absolute atomic E-state index is 0.0175. The van der Waals surface area contributed by atoms with E-state index in [2.05, 4.69) is 26.3 Å². The molecule has 0 rings (SSSR count). The smallest absolute Gasteiger partial charge is 0.243 e. The summed E-state index contributed by atoms with van der Waals surface area (Å²) in [4.78, 5) is 75.9. The van der Waals surface area contributed by atoms with Crippen LogP contribution in [-0.2, 0) is 28.8 Å². The Morgan fingerprint density at radius 1 is 0.829 bits per heavy atom. The topological polar surface area (TPSA) is 287 Å². The van der Waals surface area contributed by atoms with Gasteiger partial charge in [-0.05, 0) is 26.7 Å². The van der Waals surface area contributed by atoms with E-state index in [0.717, 1.165) is 0 Å². The number of aliphatic imine (C=N–C) groups is 1. The van der Waals surface area contributed by atoms with Crippen molar-refractivity contribution < 1.29 is 33.9 Å². The number of carbonyl (C=O) groups excluding carboxylic acids is 6. The van der Waals surface area contributed by atoms with E-state index < -0.39 is 72.1 Å². The fraction of sp³-hybridized carbons (Fsp3) is 0.632. The summed E-state index contributed by atoms with van der Waals surface area (Å²) in [5.41, 5.74) is 20.8. The van der Waals surface area contributed by atoms with E-state index in [1.807, 2.05) is 0 Å². The highest BCUT2D eigenvalue weighted by molar-refractivity contribution is 5.97. The maximum Gasteiger partial charge on any atom is 0.243 e. The van der Waals surface area contributed by atoms with Crippen molar-refractivity contribution in [1.29, 1.82) is 0 Å². The number of guanidine groups is 1. The summed E-state index contributed by atoms with van der Waals surface area (Å²) in [7, 11) is 0. The van der Waals surface area contributed by atoms with Gasteiger partial charge in [-0.3, -0.25) is 33.8 Å². The third-order valence-electron chi connectivity index (χ3n) is 4.52. The van der Waals surface area contributed by atoms with Crippen LogP contribution >= 0.6 is 0 Å². The SMILES string of the molecule is CC(=O)N[C@@H](C)C(=O)N[C@@H](CCCN=C(N)N)C(=O)N[C@@H](CC(N)=O)C(=O)N[C@H](C(N)=O)[C@@H](C)O. The van der Waals surface area contributed by atoms with E-state index in [4.69, 9.17) is 22.9 Å². The van der Waals surface area contributed by atoms with Crippen molar-refractivity contribution in [2.45, 2.75) is 70.3 Å². The van der Waals surface area contributed by atoms with Gasteiger partial charge in [0.1, 0.15) is 24.2 Å². The summed E-state index contributed by atoms with van der Waals surface area (Å²) in [6.45, 7) is 3.94. The number of carbonyl (C=O) groups is 6. The van der Waals surface area contributed by atoms with Gasteiger partial charge in [-0.2, -0.15) is 0 Å². The quantitative estimate of drug-likeness (QED) is 0.0587. The van der Waals surface area contributed by atoms with Crippen molar-refractivity contribution in [3.63, 3.8) is 0 Å². The molecule has 0 radical (unpaired) electrons. The molecule has 35 heavy (non-hydrogen) atoms. The average molecular weight is 502 g/mol. The first kappa shape index (κ1) is 31.0. The fourth-order valence-corrected chi connectivity index (χ4v) is 2.81. The number of nitrogens with zero attached hydrogens (tertiary/aromatic N) is 1. The lowest BCUT2D eigenvalue weighted by Crippen LogP contribution is -2.59. The Hall–Kier alpha value is -3.95. The van der Waals surface area contributed by atoms with Crippen molar-refractivity contribution in [2.24, 2.45) is 27.9 Å². The highest BCUT2D eigenvalue weighted by atomic mass is 16.3. The molecule has 0 aliphatic heterocycles. The second-order valence-electron chi connectivity index (χ2n) is 7.79. The van der Waals surface area contributed by atoms with E-state index in [1.165, 1.54) is 20.8 Å². The van der Waals surface area contributed by atoms with Crippen LogP contribution in [0.15, 0.2) is 4.99 Å². The van der Waals surface area contributed by atoms with Gasteiger partial charge >= 0.3 is 0 Å². The highest BCUT2D eigenvalue weighted by Gasteiger charge is 2.32. The number of nitrogens with two attached hydrogens (primary N) is 4. The van der Waals surface area contributed by atoms with E-state index >= 15 is 0 Å². The van der Waals surface area contributed by atoms with Crippen LogP contribution in [0.3, 0.4) is 0 Å². The Kier molecular flexibility index (Phi) is 13.4. The molecule has 16 nitrogen and oxygen atoms in total. The monoisotopic (exact) mass is 501 g/mol. The molecule has 0 fully saturated rings. The molecule has 0 aliphatic rings. The van der Waals surface area contributed by atoms with Crippen molar-refractivity contribution in [3.8, 4) is 0 Å². The van der Waals surface area contributed by atoms with E-state index in [1.54, 1.807) is 0 Å². The molecule has 0 heterocycles. The maximum absolute atomic E-state index is 12.9. The summed E-state index contributed by atoms with van der Waals surface area (Å²) < 4.78 is 0. The van der Waals surface area contributed by atoms with Gasteiger partial charge in [0.25, 0.3) is 0 Å². The third-order valence-corrected chi connectivity index (χ3v) is 4.52. The van der Waals surface area contributed by atoms with Gasteiger partial charge in [-0.15, -0.1) is 0 Å². The van der Waals surface area contributed by atoms with E-state index in [-0.39, 0.29) is 25.3 Å². The van der Waals surface area contributed by atoms with Crippen molar-refractivity contribution >= 4 is 41.4 Å². The Bertz CT molecular complexity index is 827. The van der Waals surface area contributed by atoms with Gasteiger partial charge in [-0.1, -0.05) is 0 Å². The summed E-state index contributed by atoms with van der Waals surface area (Å²) in [5.74, 6) is -5.22. The molecular formula is C19H35N9O7. The molecule has 0 saturated heterocycles. The first-order valence-electron chi connectivity index (χ1n) is 10.6. The van der Waals surface area contributed by atoms with Crippen LogP contribution in [0.2, 0.25) is 0 Å². The number of hydrogen-bond donors (Lipinski definition) is 9. The first-order valence-corrected chi connectivity index (χ1v) is 10.6. The van der Waals surface area contributed by atoms with Crippen LogP contribution < -0.4 is 44.2 Å². The third kappa shape index (κ3) is 12.8.